The van der Waals surface area contributed by atoms with Crippen molar-refractivity contribution in [2.24, 2.45) is 5.16 Å². The van der Waals surface area contributed by atoms with Gasteiger partial charge in [0.2, 0.25) is 5.91 Å². The van der Waals surface area contributed by atoms with Crippen LogP contribution in [0.1, 0.15) is 38.2 Å². The quantitative estimate of drug-likeness (QED) is 0.685. The van der Waals surface area contributed by atoms with E-state index in [1.807, 2.05) is 31.2 Å². The van der Waals surface area contributed by atoms with Gasteiger partial charge in [-0.1, -0.05) is 23.4 Å². The number of hydrogen-bond donors (Lipinski definition) is 1. The van der Waals surface area contributed by atoms with Gasteiger partial charge in [0.1, 0.15) is 0 Å². The lowest BCUT2D eigenvalue weighted by molar-refractivity contribution is -0.119. The van der Waals surface area contributed by atoms with Gasteiger partial charge >= 0.3 is 0 Å². The van der Waals surface area contributed by atoms with Crippen LogP contribution >= 0.6 is 0 Å². The molecule has 0 fully saturated rings. The van der Waals surface area contributed by atoms with Gasteiger partial charge in [0.15, 0.2) is 0 Å². The standard InChI is InChI=1S/C16H22N2O3/c1-12(21-2)9-10-16(19)18-11-5-7-14(17-20)13-6-3-4-8-15(13)18/h3-4,6,8,12,20H,5,7,9-11H2,1-2H3/b17-14-. The summed E-state index contributed by atoms with van der Waals surface area (Å²) in [4.78, 5) is 14.3. The average Bonchev–Trinajstić information content (AvgIpc) is 2.71. The molecule has 0 spiro atoms. The summed E-state index contributed by atoms with van der Waals surface area (Å²) >= 11 is 0. The summed E-state index contributed by atoms with van der Waals surface area (Å²) in [5.74, 6) is 0.0885. The van der Waals surface area contributed by atoms with Crippen LogP contribution in [0, 0.1) is 0 Å². The SMILES string of the molecule is COC(C)CCC(=O)N1CCC/C(=N/O)c2ccccc21. The molecule has 1 heterocycles. The molecule has 5 heteroatoms. The first-order valence-electron chi connectivity index (χ1n) is 7.31. The lowest BCUT2D eigenvalue weighted by Crippen LogP contribution is -2.32. The lowest BCUT2D eigenvalue weighted by atomic mass is 10.1. The number of oxime groups is 1. The van der Waals surface area contributed by atoms with Crippen LogP contribution in [0.3, 0.4) is 0 Å². The van der Waals surface area contributed by atoms with Gasteiger partial charge < -0.3 is 14.8 Å². The highest BCUT2D eigenvalue weighted by molar-refractivity contribution is 6.09. The number of anilines is 1. The van der Waals surface area contributed by atoms with Crippen molar-refractivity contribution in [2.75, 3.05) is 18.6 Å². The van der Waals surface area contributed by atoms with Crippen molar-refractivity contribution in [3.63, 3.8) is 0 Å². The number of rotatable bonds is 4. The molecule has 5 nitrogen and oxygen atoms in total. The Morgan fingerprint density at radius 3 is 2.95 bits per heavy atom. The highest BCUT2D eigenvalue weighted by atomic mass is 16.5. The van der Waals surface area contributed by atoms with Crippen LogP contribution in [0.25, 0.3) is 0 Å². The summed E-state index contributed by atoms with van der Waals surface area (Å²) < 4.78 is 5.19. The van der Waals surface area contributed by atoms with Crippen molar-refractivity contribution in [3.8, 4) is 0 Å². The monoisotopic (exact) mass is 290 g/mol. The van der Waals surface area contributed by atoms with E-state index in [1.54, 1.807) is 12.0 Å². The largest absolute Gasteiger partial charge is 0.411 e. The van der Waals surface area contributed by atoms with Gasteiger partial charge in [-0.05, 0) is 32.3 Å². The Bertz CT molecular complexity index is 528. The van der Waals surface area contributed by atoms with E-state index in [9.17, 15) is 4.79 Å². The molecule has 0 radical (unpaired) electrons. The van der Waals surface area contributed by atoms with E-state index in [2.05, 4.69) is 5.16 Å². The van der Waals surface area contributed by atoms with E-state index in [0.29, 0.717) is 31.5 Å². The summed E-state index contributed by atoms with van der Waals surface area (Å²) in [7, 11) is 1.65. The number of carbonyl (C=O) groups is 1. The van der Waals surface area contributed by atoms with Crippen molar-refractivity contribution in [3.05, 3.63) is 29.8 Å². The van der Waals surface area contributed by atoms with Gasteiger partial charge in [-0.2, -0.15) is 0 Å². The highest BCUT2D eigenvalue weighted by Gasteiger charge is 2.24. The van der Waals surface area contributed by atoms with Crippen LogP contribution < -0.4 is 4.90 Å². The second kappa shape index (κ2) is 7.22. The second-order valence-electron chi connectivity index (χ2n) is 5.30. The minimum atomic E-state index is 0.0748. The van der Waals surface area contributed by atoms with Crippen molar-refractivity contribution < 1.29 is 14.7 Å². The topological polar surface area (TPSA) is 62.1 Å². The molecule has 114 valence electrons. The summed E-state index contributed by atoms with van der Waals surface area (Å²) in [5.41, 5.74) is 2.31. The van der Waals surface area contributed by atoms with Gasteiger partial charge in [0, 0.05) is 25.6 Å². The van der Waals surface area contributed by atoms with Gasteiger partial charge in [-0.15, -0.1) is 0 Å². The Labute approximate surface area is 125 Å². The molecule has 0 aliphatic carbocycles. The number of para-hydroxylation sites is 1. The third kappa shape index (κ3) is 3.61. The number of benzene rings is 1. The van der Waals surface area contributed by atoms with E-state index in [-0.39, 0.29) is 12.0 Å². The molecular weight excluding hydrogens is 268 g/mol. The zero-order valence-electron chi connectivity index (χ0n) is 12.6. The van der Waals surface area contributed by atoms with Crippen molar-refractivity contribution in [2.45, 2.75) is 38.7 Å². The van der Waals surface area contributed by atoms with Crippen LogP contribution in [0.4, 0.5) is 5.69 Å². The fourth-order valence-corrected chi connectivity index (χ4v) is 2.56. The Balaban J connectivity index is 2.21. The molecule has 1 N–H and O–H groups in total. The Hall–Kier alpha value is -1.88. The van der Waals surface area contributed by atoms with Gasteiger partial charge in [0.05, 0.1) is 17.5 Å². The zero-order chi connectivity index (χ0) is 15.2. The normalized spacial score (nSPS) is 18.2. The Kier molecular flexibility index (Phi) is 5.33. The van der Waals surface area contributed by atoms with Crippen molar-refractivity contribution in [1.29, 1.82) is 0 Å². The molecule has 0 bridgehead atoms. The molecule has 2 rings (SSSR count). The van der Waals surface area contributed by atoms with Crippen molar-refractivity contribution >= 4 is 17.3 Å². The number of amides is 1. The van der Waals surface area contributed by atoms with E-state index in [4.69, 9.17) is 9.94 Å². The van der Waals surface area contributed by atoms with Crippen LogP contribution in [-0.2, 0) is 9.53 Å². The first-order chi connectivity index (χ1) is 10.2. The summed E-state index contributed by atoms with van der Waals surface area (Å²) in [6.45, 7) is 2.61. The molecule has 1 atom stereocenters. The maximum Gasteiger partial charge on any atom is 0.227 e. The number of fused-ring (bicyclic) bond motifs is 1. The number of methoxy groups -OCH3 is 1. The molecule has 0 saturated heterocycles. The molecule has 1 aliphatic heterocycles. The first kappa shape index (κ1) is 15.5. The Morgan fingerprint density at radius 1 is 1.48 bits per heavy atom. The minimum Gasteiger partial charge on any atom is -0.411 e. The van der Waals surface area contributed by atoms with Crippen LogP contribution in [0.2, 0.25) is 0 Å². The molecule has 21 heavy (non-hydrogen) atoms. The number of hydrogen-bond acceptors (Lipinski definition) is 4. The van der Waals surface area contributed by atoms with Crippen molar-refractivity contribution in [1.82, 2.24) is 0 Å². The number of carbonyl (C=O) groups excluding carboxylic acids is 1. The Morgan fingerprint density at radius 2 is 2.24 bits per heavy atom. The first-order valence-corrected chi connectivity index (χ1v) is 7.31. The zero-order valence-corrected chi connectivity index (χ0v) is 12.6. The third-order valence-corrected chi connectivity index (χ3v) is 3.89. The number of ether oxygens (including phenoxy) is 1. The summed E-state index contributed by atoms with van der Waals surface area (Å²) in [6, 6.07) is 7.60. The molecule has 1 aromatic carbocycles. The molecule has 1 aliphatic rings. The second-order valence-corrected chi connectivity index (χ2v) is 5.30. The van der Waals surface area contributed by atoms with Gasteiger partial charge in [-0.3, -0.25) is 4.79 Å². The predicted molar refractivity (Wildman–Crippen MR) is 82.1 cm³/mol. The predicted octanol–water partition coefficient (Wildman–Crippen LogP) is 2.81. The lowest BCUT2D eigenvalue weighted by Gasteiger charge is -2.23. The molecule has 1 unspecified atom stereocenters. The molecule has 1 aromatic rings. The van der Waals surface area contributed by atoms with Crippen LogP contribution in [0.15, 0.2) is 29.4 Å². The average molecular weight is 290 g/mol. The minimum absolute atomic E-state index is 0.0748. The van der Waals surface area contributed by atoms with Gasteiger partial charge in [0.25, 0.3) is 0 Å². The smallest absolute Gasteiger partial charge is 0.227 e. The maximum atomic E-state index is 12.5. The highest BCUT2D eigenvalue weighted by Crippen LogP contribution is 2.27. The van der Waals surface area contributed by atoms with Crippen LogP contribution in [0.5, 0.6) is 0 Å². The molecule has 0 aromatic heterocycles. The molecule has 0 saturated carbocycles. The summed E-state index contributed by atoms with van der Waals surface area (Å²) in [6.07, 6.45) is 2.70. The molecular formula is C16H22N2O3. The van der Waals surface area contributed by atoms with E-state index in [0.717, 1.165) is 17.7 Å². The third-order valence-electron chi connectivity index (χ3n) is 3.89. The van der Waals surface area contributed by atoms with E-state index >= 15 is 0 Å². The van der Waals surface area contributed by atoms with E-state index in [1.165, 1.54) is 0 Å². The fourth-order valence-electron chi connectivity index (χ4n) is 2.56. The number of nitrogens with zero attached hydrogens (tertiary/aromatic N) is 2. The van der Waals surface area contributed by atoms with Gasteiger partial charge in [-0.25, -0.2) is 0 Å². The fraction of sp³-hybridized carbons (Fsp3) is 0.500. The molecule has 1 amide bonds. The van der Waals surface area contributed by atoms with E-state index < -0.39 is 0 Å². The van der Waals surface area contributed by atoms with Crippen LogP contribution in [-0.4, -0.2) is 36.6 Å². The maximum absolute atomic E-state index is 12.5. The summed E-state index contributed by atoms with van der Waals surface area (Å²) in [5, 5.41) is 12.6.